The SMILES string of the molecule is O=C(Nc1ccncc1)NC1(Cc2ccc(Cl)cc2)CCC1. The Hall–Kier alpha value is -2.07. The summed E-state index contributed by atoms with van der Waals surface area (Å²) in [5, 5.41) is 6.72. The van der Waals surface area contributed by atoms with Crippen LogP contribution in [0.3, 0.4) is 0 Å². The zero-order chi connectivity index (χ0) is 15.4. The second kappa shape index (κ2) is 6.36. The Morgan fingerprint density at radius 1 is 1.14 bits per heavy atom. The van der Waals surface area contributed by atoms with Gasteiger partial charge in [-0.3, -0.25) is 4.98 Å². The lowest BCUT2D eigenvalue weighted by Gasteiger charge is -2.42. The largest absolute Gasteiger partial charge is 0.332 e. The molecular weight excluding hydrogens is 298 g/mol. The molecule has 1 aliphatic rings. The van der Waals surface area contributed by atoms with E-state index in [0.717, 1.165) is 36.4 Å². The first kappa shape index (κ1) is 14.9. The van der Waals surface area contributed by atoms with Crippen molar-refractivity contribution in [2.75, 3.05) is 5.32 Å². The number of anilines is 1. The van der Waals surface area contributed by atoms with E-state index in [1.54, 1.807) is 24.5 Å². The van der Waals surface area contributed by atoms with E-state index in [9.17, 15) is 4.79 Å². The highest BCUT2D eigenvalue weighted by atomic mass is 35.5. The minimum absolute atomic E-state index is 0.148. The van der Waals surface area contributed by atoms with Gasteiger partial charge in [0.25, 0.3) is 0 Å². The Morgan fingerprint density at radius 2 is 1.82 bits per heavy atom. The predicted molar refractivity (Wildman–Crippen MR) is 88.1 cm³/mol. The zero-order valence-corrected chi connectivity index (χ0v) is 12.9. The summed E-state index contributed by atoms with van der Waals surface area (Å²) < 4.78 is 0. The summed E-state index contributed by atoms with van der Waals surface area (Å²) in [6.07, 6.45) is 7.28. The van der Waals surface area contributed by atoms with Crippen molar-refractivity contribution in [1.82, 2.24) is 10.3 Å². The molecule has 1 heterocycles. The quantitative estimate of drug-likeness (QED) is 0.895. The van der Waals surface area contributed by atoms with Crippen LogP contribution in [-0.4, -0.2) is 16.6 Å². The van der Waals surface area contributed by atoms with Crippen molar-refractivity contribution < 1.29 is 4.79 Å². The van der Waals surface area contributed by atoms with Crippen LogP contribution in [0.5, 0.6) is 0 Å². The number of hydrogen-bond acceptors (Lipinski definition) is 2. The molecule has 0 unspecified atom stereocenters. The maximum absolute atomic E-state index is 12.2. The van der Waals surface area contributed by atoms with Crippen LogP contribution < -0.4 is 10.6 Å². The van der Waals surface area contributed by atoms with Crippen molar-refractivity contribution >= 4 is 23.3 Å². The number of nitrogens with zero attached hydrogens (tertiary/aromatic N) is 1. The molecule has 5 heteroatoms. The molecule has 2 amide bonds. The van der Waals surface area contributed by atoms with Crippen LogP contribution in [0.1, 0.15) is 24.8 Å². The molecule has 1 fully saturated rings. The van der Waals surface area contributed by atoms with Crippen molar-refractivity contribution in [3.05, 3.63) is 59.4 Å². The number of benzene rings is 1. The number of halogens is 1. The molecular formula is C17H18ClN3O. The van der Waals surface area contributed by atoms with Gasteiger partial charge in [-0.25, -0.2) is 4.79 Å². The van der Waals surface area contributed by atoms with Crippen LogP contribution in [0.4, 0.5) is 10.5 Å². The van der Waals surface area contributed by atoms with E-state index >= 15 is 0 Å². The van der Waals surface area contributed by atoms with Crippen LogP contribution in [-0.2, 0) is 6.42 Å². The van der Waals surface area contributed by atoms with Gasteiger partial charge in [-0.1, -0.05) is 23.7 Å². The fourth-order valence-corrected chi connectivity index (χ4v) is 2.91. The predicted octanol–water partition coefficient (Wildman–Crippen LogP) is 4.02. The third-order valence-corrected chi connectivity index (χ3v) is 4.34. The minimum Gasteiger partial charge on any atom is -0.332 e. The van der Waals surface area contributed by atoms with E-state index in [2.05, 4.69) is 15.6 Å². The van der Waals surface area contributed by atoms with Crippen molar-refractivity contribution in [2.24, 2.45) is 0 Å². The number of nitrogens with one attached hydrogen (secondary N) is 2. The van der Waals surface area contributed by atoms with Gasteiger partial charge in [0, 0.05) is 28.6 Å². The molecule has 0 atom stereocenters. The van der Waals surface area contributed by atoms with Gasteiger partial charge in [-0.05, 0) is 55.5 Å². The Balaban J connectivity index is 1.63. The van der Waals surface area contributed by atoms with Gasteiger partial charge in [0.1, 0.15) is 0 Å². The number of urea groups is 1. The molecule has 1 saturated carbocycles. The number of hydrogen-bond donors (Lipinski definition) is 2. The first-order valence-corrected chi connectivity index (χ1v) is 7.77. The van der Waals surface area contributed by atoms with Gasteiger partial charge in [-0.2, -0.15) is 0 Å². The molecule has 2 N–H and O–H groups in total. The van der Waals surface area contributed by atoms with E-state index in [0.29, 0.717) is 0 Å². The summed E-state index contributed by atoms with van der Waals surface area (Å²) in [4.78, 5) is 16.1. The Labute approximate surface area is 134 Å². The lowest BCUT2D eigenvalue weighted by atomic mass is 9.73. The molecule has 0 bridgehead atoms. The van der Waals surface area contributed by atoms with Crippen LogP contribution in [0.15, 0.2) is 48.8 Å². The van der Waals surface area contributed by atoms with E-state index in [1.807, 2.05) is 24.3 Å². The fourth-order valence-electron chi connectivity index (χ4n) is 2.78. The van der Waals surface area contributed by atoms with Crippen LogP contribution in [0.25, 0.3) is 0 Å². The second-order valence-corrected chi connectivity index (χ2v) is 6.19. The molecule has 114 valence electrons. The highest BCUT2D eigenvalue weighted by Crippen LogP contribution is 2.35. The molecule has 0 saturated heterocycles. The molecule has 1 aromatic heterocycles. The highest BCUT2D eigenvalue weighted by molar-refractivity contribution is 6.30. The van der Waals surface area contributed by atoms with Gasteiger partial charge in [0.2, 0.25) is 0 Å². The van der Waals surface area contributed by atoms with Gasteiger partial charge in [-0.15, -0.1) is 0 Å². The third-order valence-electron chi connectivity index (χ3n) is 4.08. The number of carbonyl (C=O) groups excluding carboxylic acids is 1. The highest BCUT2D eigenvalue weighted by Gasteiger charge is 2.38. The van der Waals surface area contributed by atoms with Crippen molar-refractivity contribution in [1.29, 1.82) is 0 Å². The normalized spacial score (nSPS) is 15.7. The lowest BCUT2D eigenvalue weighted by molar-refractivity contribution is 0.183. The lowest BCUT2D eigenvalue weighted by Crippen LogP contribution is -2.56. The molecule has 1 aliphatic carbocycles. The van der Waals surface area contributed by atoms with Crippen molar-refractivity contribution in [2.45, 2.75) is 31.2 Å². The first-order chi connectivity index (χ1) is 10.7. The van der Waals surface area contributed by atoms with Gasteiger partial charge < -0.3 is 10.6 Å². The summed E-state index contributed by atoms with van der Waals surface area (Å²) in [5.41, 5.74) is 1.78. The number of aromatic nitrogens is 1. The molecule has 4 nitrogen and oxygen atoms in total. The molecule has 22 heavy (non-hydrogen) atoms. The van der Waals surface area contributed by atoms with E-state index in [1.165, 1.54) is 5.56 Å². The average molecular weight is 316 g/mol. The second-order valence-electron chi connectivity index (χ2n) is 5.75. The summed E-state index contributed by atoms with van der Waals surface area (Å²) in [7, 11) is 0. The molecule has 1 aromatic carbocycles. The van der Waals surface area contributed by atoms with Gasteiger partial charge >= 0.3 is 6.03 Å². The Bertz CT molecular complexity index is 639. The molecule has 2 aromatic rings. The minimum atomic E-state index is -0.167. The summed E-state index contributed by atoms with van der Waals surface area (Å²) in [6.45, 7) is 0. The maximum Gasteiger partial charge on any atom is 0.319 e. The van der Waals surface area contributed by atoms with Crippen LogP contribution >= 0.6 is 11.6 Å². The Kier molecular flexibility index (Phi) is 4.29. The summed E-state index contributed by atoms with van der Waals surface area (Å²) in [6, 6.07) is 11.2. The first-order valence-electron chi connectivity index (χ1n) is 7.39. The molecule has 0 aliphatic heterocycles. The number of amides is 2. The molecule has 3 rings (SSSR count). The van der Waals surface area contributed by atoms with Crippen molar-refractivity contribution in [3.8, 4) is 0 Å². The third kappa shape index (κ3) is 3.57. The van der Waals surface area contributed by atoms with Gasteiger partial charge in [0.15, 0.2) is 0 Å². The van der Waals surface area contributed by atoms with Crippen molar-refractivity contribution in [3.63, 3.8) is 0 Å². The van der Waals surface area contributed by atoms with E-state index in [4.69, 9.17) is 11.6 Å². The topological polar surface area (TPSA) is 54.0 Å². The summed E-state index contributed by atoms with van der Waals surface area (Å²) in [5.74, 6) is 0. The summed E-state index contributed by atoms with van der Waals surface area (Å²) >= 11 is 5.92. The maximum atomic E-state index is 12.2. The molecule has 0 radical (unpaired) electrons. The van der Waals surface area contributed by atoms with Crippen LogP contribution in [0, 0.1) is 0 Å². The van der Waals surface area contributed by atoms with E-state index < -0.39 is 0 Å². The number of pyridine rings is 1. The fraction of sp³-hybridized carbons (Fsp3) is 0.294. The monoisotopic (exact) mass is 315 g/mol. The van der Waals surface area contributed by atoms with E-state index in [-0.39, 0.29) is 11.6 Å². The smallest absolute Gasteiger partial charge is 0.319 e. The zero-order valence-electron chi connectivity index (χ0n) is 12.2. The van der Waals surface area contributed by atoms with Gasteiger partial charge in [0.05, 0.1) is 0 Å². The Morgan fingerprint density at radius 3 is 2.41 bits per heavy atom. The number of carbonyl (C=O) groups is 1. The number of rotatable bonds is 4. The van der Waals surface area contributed by atoms with Crippen LogP contribution in [0.2, 0.25) is 5.02 Å². The molecule has 0 spiro atoms. The average Bonchev–Trinajstić information content (AvgIpc) is 2.48. The standard InChI is InChI=1S/C17H18ClN3O/c18-14-4-2-13(3-5-14)12-17(8-1-9-17)21-16(22)20-15-6-10-19-11-7-15/h2-7,10-11H,1,8-9,12H2,(H2,19,20,21,22).